The van der Waals surface area contributed by atoms with Gasteiger partial charge in [-0.2, -0.15) is 0 Å². The Morgan fingerprint density at radius 2 is 2.40 bits per heavy atom. The Morgan fingerprint density at radius 3 is 3.07 bits per heavy atom. The molecule has 0 radical (unpaired) electrons. The molecule has 1 aliphatic rings. The molecule has 0 amide bonds. The molecule has 1 aliphatic heterocycles. The Kier molecular flexibility index (Phi) is 3.17. The third-order valence-corrected chi connectivity index (χ3v) is 4.06. The molecule has 1 fully saturated rings. The van der Waals surface area contributed by atoms with Crippen molar-refractivity contribution in [3.63, 3.8) is 0 Å². The van der Waals surface area contributed by atoms with Crippen LogP contribution in [0.4, 0.5) is 0 Å². The van der Waals surface area contributed by atoms with Crippen LogP contribution in [0, 0.1) is 5.92 Å². The highest BCUT2D eigenvalue weighted by molar-refractivity contribution is 7.09. The van der Waals surface area contributed by atoms with Gasteiger partial charge in [0.15, 0.2) is 0 Å². The number of hydrogen-bond donors (Lipinski definition) is 0. The van der Waals surface area contributed by atoms with Gasteiger partial charge in [-0.25, -0.2) is 0 Å². The molecule has 2 heterocycles. The Hall–Kier alpha value is -0.740. The van der Waals surface area contributed by atoms with Crippen molar-refractivity contribution in [3.05, 3.63) is 16.6 Å². The predicted octanol–water partition coefficient (Wildman–Crippen LogP) is 1.94. The summed E-state index contributed by atoms with van der Waals surface area (Å²) in [6, 6.07) is 0.355. The lowest BCUT2D eigenvalue weighted by atomic mass is 9.91. The van der Waals surface area contributed by atoms with Crippen LogP contribution in [0.1, 0.15) is 25.1 Å². The number of ketones is 1. The average molecular weight is 224 g/mol. The largest absolute Gasteiger partial charge is 0.299 e. The standard InChI is InChI=1S/C11H16N2OS/c1-8-9(2)13(4-3-11(8)14)6-10-5-12-7-15-10/h5,7-9H,3-4,6H2,1-2H3. The molecule has 0 saturated carbocycles. The first-order valence-corrected chi connectivity index (χ1v) is 6.20. The summed E-state index contributed by atoms with van der Waals surface area (Å²) in [4.78, 5) is 19.2. The Morgan fingerprint density at radius 1 is 1.60 bits per heavy atom. The van der Waals surface area contributed by atoms with Crippen LogP contribution in [0.15, 0.2) is 11.7 Å². The minimum Gasteiger partial charge on any atom is -0.299 e. The van der Waals surface area contributed by atoms with Crippen LogP contribution in [0.5, 0.6) is 0 Å². The Bertz CT molecular complexity index is 336. The molecule has 0 aromatic carbocycles. The van der Waals surface area contributed by atoms with Crippen LogP contribution < -0.4 is 0 Å². The van der Waals surface area contributed by atoms with Gasteiger partial charge in [0.05, 0.1) is 5.51 Å². The van der Waals surface area contributed by atoms with Gasteiger partial charge in [-0.05, 0) is 6.92 Å². The van der Waals surface area contributed by atoms with E-state index < -0.39 is 0 Å². The summed E-state index contributed by atoms with van der Waals surface area (Å²) in [7, 11) is 0. The van der Waals surface area contributed by atoms with Gasteiger partial charge in [0, 0.05) is 42.5 Å². The van der Waals surface area contributed by atoms with Crippen molar-refractivity contribution in [1.29, 1.82) is 0 Å². The number of nitrogens with zero attached hydrogens (tertiary/aromatic N) is 2. The number of Topliss-reactive ketones (excluding diaryl/α,β-unsaturated/α-hetero) is 1. The van der Waals surface area contributed by atoms with Gasteiger partial charge in [-0.15, -0.1) is 11.3 Å². The van der Waals surface area contributed by atoms with E-state index in [-0.39, 0.29) is 5.92 Å². The van der Waals surface area contributed by atoms with Crippen molar-refractivity contribution in [2.45, 2.75) is 32.9 Å². The van der Waals surface area contributed by atoms with Gasteiger partial charge in [0.25, 0.3) is 0 Å². The van der Waals surface area contributed by atoms with Gasteiger partial charge in [0.1, 0.15) is 5.78 Å². The fourth-order valence-corrected chi connectivity index (χ4v) is 2.63. The van der Waals surface area contributed by atoms with Gasteiger partial charge in [-0.1, -0.05) is 6.92 Å². The molecule has 1 aromatic rings. The number of carbonyl (C=O) groups excluding carboxylic acids is 1. The van der Waals surface area contributed by atoms with Gasteiger partial charge in [-0.3, -0.25) is 14.7 Å². The maximum atomic E-state index is 11.5. The highest BCUT2D eigenvalue weighted by Crippen LogP contribution is 2.22. The molecule has 2 rings (SSSR count). The number of piperidine rings is 1. The van der Waals surface area contributed by atoms with E-state index in [0.717, 1.165) is 13.1 Å². The molecule has 15 heavy (non-hydrogen) atoms. The van der Waals surface area contributed by atoms with Crippen LogP contribution in [-0.2, 0) is 11.3 Å². The zero-order valence-electron chi connectivity index (χ0n) is 9.14. The molecule has 2 unspecified atom stereocenters. The van der Waals surface area contributed by atoms with E-state index in [2.05, 4.69) is 16.8 Å². The fraction of sp³-hybridized carbons (Fsp3) is 0.636. The summed E-state index contributed by atoms with van der Waals surface area (Å²) >= 11 is 1.68. The van der Waals surface area contributed by atoms with Crippen molar-refractivity contribution in [2.75, 3.05) is 6.54 Å². The second-order valence-corrected chi connectivity index (χ2v) is 5.15. The predicted molar refractivity (Wildman–Crippen MR) is 60.8 cm³/mol. The van der Waals surface area contributed by atoms with Crippen LogP contribution in [0.2, 0.25) is 0 Å². The number of thiazole rings is 1. The molecule has 2 atom stereocenters. The lowest BCUT2D eigenvalue weighted by molar-refractivity contribution is -0.128. The van der Waals surface area contributed by atoms with E-state index in [1.54, 1.807) is 11.3 Å². The summed E-state index contributed by atoms with van der Waals surface area (Å²) < 4.78 is 0. The lowest BCUT2D eigenvalue weighted by Crippen LogP contribution is -2.46. The van der Waals surface area contributed by atoms with Crippen LogP contribution in [-0.4, -0.2) is 28.3 Å². The summed E-state index contributed by atoms with van der Waals surface area (Å²) in [5, 5.41) is 0. The quantitative estimate of drug-likeness (QED) is 0.769. The smallest absolute Gasteiger partial charge is 0.138 e. The van der Waals surface area contributed by atoms with E-state index >= 15 is 0 Å². The maximum Gasteiger partial charge on any atom is 0.138 e. The van der Waals surface area contributed by atoms with Crippen LogP contribution in [0.3, 0.4) is 0 Å². The van der Waals surface area contributed by atoms with Crippen LogP contribution in [0.25, 0.3) is 0 Å². The number of rotatable bonds is 2. The monoisotopic (exact) mass is 224 g/mol. The second kappa shape index (κ2) is 4.41. The molecular formula is C11H16N2OS. The summed E-state index contributed by atoms with van der Waals surface area (Å²) in [5.74, 6) is 0.578. The summed E-state index contributed by atoms with van der Waals surface area (Å²) in [6.45, 7) is 6.00. The van der Waals surface area contributed by atoms with Crippen molar-refractivity contribution in [1.82, 2.24) is 9.88 Å². The Balaban J connectivity index is 2.01. The molecule has 0 bridgehead atoms. The molecule has 4 heteroatoms. The van der Waals surface area contributed by atoms with E-state index in [0.29, 0.717) is 18.2 Å². The molecule has 3 nitrogen and oxygen atoms in total. The zero-order chi connectivity index (χ0) is 10.8. The van der Waals surface area contributed by atoms with Crippen molar-refractivity contribution >= 4 is 17.1 Å². The topological polar surface area (TPSA) is 33.2 Å². The number of likely N-dealkylation sites (tertiary alicyclic amines) is 1. The zero-order valence-corrected chi connectivity index (χ0v) is 9.96. The molecular weight excluding hydrogens is 208 g/mol. The van der Waals surface area contributed by atoms with E-state index in [4.69, 9.17) is 0 Å². The lowest BCUT2D eigenvalue weighted by Gasteiger charge is -2.36. The first-order chi connectivity index (χ1) is 7.18. The number of hydrogen-bond acceptors (Lipinski definition) is 4. The van der Waals surface area contributed by atoms with Gasteiger partial charge in [0.2, 0.25) is 0 Å². The van der Waals surface area contributed by atoms with Gasteiger partial charge >= 0.3 is 0 Å². The minimum absolute atomic E-state index is 0.173. The first-order valence-electron chi connectivity index (χ1n) is 5.32. The summed E-state index contributed by atoms with van der Waals surface area (Å²) in [6.07, 6.45) is 2.61. The number of carbonyl (C=O) groups is 1. The molecule has 0 aliphatic carbocycles. The van der Waals surface area contributed by atoms with Crippen molar-refractivity contribution in [3.8, 4) is 0 Å². The van der Waals surface area contributed by atoms with E-state index in [1.807, 2.05) is 18.6 Å². The SMILES string of the molecule is CC1C(=O)CCN(Cc2cncs2)C1C. The highest BCUT2D eigenvalue weighted by Gasteiger charge is 2.30. The van der Waals surface area contributed by atoms with Crippen molar-refractivity contribution < 1.29 is 4.79 Å². The van der Waals surface area contributed by atoms with E-state index in [9.17, 15) is 4.79 Å². The normalized spacial score (nSPS) is 28.3. The highest BCUT2D eigenvalue weighted by atomic mass is 32.1. The van der Waals surface area contributed by atoms with Gasteiger partial charge < -0.3 is 0 Å². The summed E-state index contributed by atoms with van der Waals surface area (Å²) in [5.41, 5.74) is 1.86. The molecule has 0 N–H and O–H groups in total. The number of aromatic nitrogens is 1. The van der Waals surface area contributed by atoms with Crippen LogP contribution >= 0.6 is 11.3 Å². The second-order valence-electron chi connectivity index (χ2n) is 4.18. The fourth-order valence-electron chi connectivity index (χ4n) is 2.01. The maximum absolute atomic E-state index is 11.5. The molecule has 1 saturated heterocycles. The van der Waals surface area contributed by atoms with E-state index in [1.165, 1.54) is 4.88 Å². The molecule has 1 aromatic heterocycles. The molecule has 0 spiro atoms. The first kappa shape index (κ1) is 10.8. The third-order valence-electron chi connectivity index (χ3n) is 3.30. The minimum atomic E-state index is 0.173. The average Bonchev–Trinajstić information content (AvgIpc) is 2.72. The third kappa shape index (κ3) is 2.26. The molecule has 82 valence electrons. The van der Waals surface area contributed by atoms with Crippen molar-refractivity contribution in [2.24, 2.45) is 5.92 Å². The Labute approximate surface area is 94.1 Å².